The Balaban J connectivity index is 1.62. The molecule has 2 unspecified atom stereocenters. The topological polar surface area (TPSA) is 41.6 Å². The molecule has 3 aromatic carbocycles. The van der Waals surface area contributed by atoms with E-state index in [1.165, 1.54) is 6.92 Å². The van der Waals surface area contributed by atoms with Crippen LogP contribution in [-0.4, -0.2) is 30.0 Å². The number of hydrogen-bond acceptors (Lipinski definition) is 3. The highest BCUT2D eigenvalue weighted by Gasteiger charge is 2.62. The van der Waals surface area contributed by atoms with E-state index >= 15 is 0 Å². The fourth-order valence-corrected chi connectivity index (χ4v) is 7.14. The van der Waals surface area contributed by atoms with Gasteiger partial charge in [-0.15, -0.1) is 0 Å². The lowest BCUT2D eigenvalue weighted by molar-refractivity contribution is -0.145. The minimum Gasteiger partial charge on any atom is -0.368 e. The third-order valence-corrected chi connectivity index (χ3v) is 9.07. The van der Waals surface area contributed by atoms with Gasteiger partial charge in [0.15, 0.2) is 0 Å². The highest BCUT2D eigenvalue weighted by Crippen LogP contribution is 2.58. The zero-order chi connectivity index (χ0) is 31.2. The minimum absolute atomic E-state index is 0.116. The average molecular weight is 605 g/mol. The molecule has 0 spiro atoms. The molecule has 0 aromatic heterocycles. The maximum atomic E-state index is 13.7. The first-order valence-corrected chi connectivity index (χ1v) is 14.3. The van der Waals surface area contributed by atoms with Gasteiger partial charge in [-0.05, 0) is 68.0 Å². The van der Waals surface area contributed by atoms with Crippen LogP contribution < -0.4 is 5.32 Å². The van der Waals surface area contributed by atoms with E-state index in [0.717, 1.165) is 23.3 Å². The van der Waals surface area contributed by atoms with E-state index < -0.39 is 47.1 Å². The number of hydrogen-bond donors (Lipinski definition) is 1. The van der Waals surface area contributed by atoms with Crippen LogP contribution in [0.5, 0.6) is 0 Å². The number of halogens is 6. The molecule has 2 aliphatic heterocycles. The van der Waals surface area contributed by atoms with E-state index in [-0.39, 0.29) is 29.6 Å². The van der Waals surface area contributed by atoms with Crippen LogP contribution in [0.25, 0.3) is 0 Å². The Morgan fingerprint density at radius 2 is 1.42 bits per heavy atom. The number of alkyl halides is 6. The van der Waals surface area contributed by atoms with Gasteiger partial charge in [-0.3, -0.25) is 9.69 Å². The van der Waals surface area contributed by atoms with Crippen molar-refractivity contribution in [3.63, 3.8) is 0 Å². The van der Waals surface area contributed by atoms with Crippen molar-refractivity contribution in [3.05, 3.63) is 107 Å². The van der Waals surface area contributed by atoms with Gasteiger partial charge >= 0.3 is 12.4 Å². The van der Waals surface area contributed by atoms with E-state index in [9.17, 15) is 31.1 Å². The van der Waals surface area contributed by atoms with Crippen LogP contribution in [0.1, 0.15) is 73.1 Å². The van der Waals surface area contributed by atoms with Gasteiger partial charge in [0.05, 0.1) is 34.8 Å². The molecule has 230 valence electrons. The van der Waals surface area contributed by atoms with Crippen LogP contribution in [-0.2, 0) is 27.4 Å². The standard InChI is InChI=1S/C33H34F6N2O2/c1-20(22-10-6-4-7-11-22)41-28-14-15-29(31(41,19-27(28)30(42)40-3)24-12-8-5-9-13-24)43-21(2)23-16-25(32(34,35)36)18-26(17-23)33(37,38)39/h4-13,16-18,20-21,27-29H,14-15,19H2,1-3H3,(H,40,42)/t20?,21?,27-,28+,29-,31-/m0/s1. The fraction of sp³-hybridized carbons (Fsp3) is 0.424. The zero-order valence-corrected chi connectivity index (χ0v) is 24.0. The molecule has 0 radical (unpaired) electrons. The Kier molecular flexibility index (Phi) is 8.39. The number of amides is 1. The van der Waals surface area contributed by atoms with Gasteiger partial charge in [0.1, 0.15) is 0 Å². The zero-order valence-electron chi connectivity index (χ0n) is 24.0. The molecule has 10 heteroatoms. The van der Waals surface area contributed by atoms with Crippen molar-refractivity contribution in [2.24, 2.45) is 5.92 Å². The van der Waals surface area contributed by atoms with Gasteiger partial charge in [0.2, 0.25) is 5.91 Å². The normalized spacial score (nSPS) is 25.7. The average Bonchev–Trinajstić information content (AvgIpc) is 3.25. The summed E-state index contributed by atoms with van der Waals surface area (Å²) < 4.78 is 88.6. The van der Waals surface area contributed by atoms with Gasteiger partial charge in [0.25, 0.3) is 0 Å². The molecule has 43 heavy (non-hydrogen) atoms. The first-order chi connectivity index (χ1) is 20.3. The molecule has 2 heterocycles. The van der Waals surface area contributed by atoms with Crippen molar-refractivity contribution >= 4 is 5.91 Å². The van der Waals surface area contributed by atoms with Gasteiger partial charge in [-0.2, -0.15) is 26.3 Å². The number of ether oxygens (including phenoxy) is 1. The molecule has 2 saturated heterocycles. The summed E-state index contributed by atoms with van der Waals surface area (Å²) >= 11 is 0. The van der Waals surface area contributed by atoms with Crippen molar-refractivity contribution in [2.45, 2.75) is 75.3 Å². The molecule has 2 fully saturated rings. The second-order valence-electron chi connectivity index (χ2n) is 11.5. The van der Waals surface area contributed by atoms with Crippen molar-refractivity contribution in [1.29, 1.82) is 0 Å². The number of carbonyl (C=O) groups is 1. The molecule has 5 rings (SSSR count). The first-order valence-electron chi connectivity index (χ1n) is 14.3. The molecule has 1 N–H and O–H groups in total. The van der Waals surface area contributed by atoms with E-state index in [1.54, 1.807) is 7.05 Å². The highest BCUT2D eigenvalue weighted by atomic mass is 19.4. The molecule has 0 aliphatic carbocycles. The van der Waals surface area contributed by atoms with Crippen LogP contribution in [0.2, 0.25) is 0 Å². The predicted molar refractivity (Wildman–Crippen MR) is 150 cm³/mol. The third kappa shape index (κ3) is 5.79. The molecule has 1 amide bonds. The summed E-state index contributed by atoms with van der Waals surface area (Å²) in [5.41, 5.74) is -1.95. The smallest absolute Gasteiger partial charge is 0.368 e. The van der Waals surface area contributed by atoms with Crippen LogP contribution in [0, 0.1) is 5.92 Å². The quantitative estimate of drug-likeness (QED) is 0.278. The van der Waals surface area contributed by atoms with Gasteiger partial charge in [-0.25, -0.2) is 0 Å². The molecule has 3 aromatic rings. The second kappa shape index (κ2) is 11.6. The van der Waals surface area contributed by atoms with Crippen LogP contribution in [0.4, 0.5) is 26.3 Å². The summed E-state index contributed by atoms with van der Waals surface area (Å²) in [6.07, 6.45) is -10.2. The lowest BCUT2D eigenvalue weighted by atomic mass is 9.77. The lowest BCUT2D eigenvalue weighted by Crippen LogP contribution is -2.58. The largest absolute Gasteiger partial charge is 0.416 e. The summed E-state index contributed by atoms with van der Waals surface area (Å²) in [7, 11) is 1.59. The van der Waals surface area contributed by atoms with Crippen LogP contribution in [0.15, 0.2) is 78.9 Å². The summed E-state index contributed by atoms with van der Waals surface area (Å²) in [6.45, 7) is 3.54. The van der Waals surface area contributed by atoms with E-state index in [2.05, 4.69) is 17.1 Å². The van der Waals surface area contributed by atoms with Crippen molar-refractivity contribution in [3.8, 4) is 0 Å². The van der Waals surface area contributed by atoms with Crippen LogP contribution >= 0.6 is 0 Å². The van der Waals surface area contributed by atoms with Gasteiger partial charge in [0, 0.05) is 19.1 Å². The highest BCUT2D eigenvalue weighted by molar-refractivity contribution is 5.80. The number of carbonyl (C=O) groups excluding carboxylic acids is 1. The number of nitrogens with zero attached hydrogens (tertiary/aromatic N) is 1. The van der Waals surface area contributed by atoms with Gasteiger partial charge in [-0.1, -0.05) is 60.7 Å². The van der Waals surface area contributed by atoms with Gasteiger partial charge < -0.3 is 10.1 Å². The predicted octanol–water partition coefficient (Wildman–Crippen LogP) is 8.06. The molecular weight excluding hydrogens is 570 g/mol. The third-order valence-electron chi connectivity index (χ3n) is 9.07. The van der Waals surface area contributed by atoms with Crippen molar-refractivity contribution in [2.75, 3.05) is 7.05 Å². The Morgan fingerprint density at radius 1 is 0.860 bits per heavy atom. The molecule has 4 nitrogen and oxygen atoms in total. The molecule has 2 aliphatic rings. The Hall–Kier alpha value is -3.37. The monoisotopic (exact) mass is 604 g/mol. The molecule has 6 atom stereocenters. The van der Waals surface area contributed by atoms with Crippen molar-refractivity contribution < 1.29 is 35.9 Å². The summed E-state index contributed by atoms with van der Waals surface area (Å²) in [4.78, 5) is 15.6. The number of piperidine rings is 1. The summed E-state index contributed by atoms with van der Waals surface area (Å²) in [6, 6.07) is 20.6. The van der Waals surface area contributed by atoms with Crippen LogP contribution in [0.3, 0.4) is 0 Å². The minimum atomic E-state index is -4.97. The number of fused-ring (bicyclic) bond motifs is 2. The molecular formula is C33H34F6N2O2. The van der Waals surface area contributed by atoms with Crippen molar-refractivity contribution in [1.82, 2.24) is 10.2 Å². The fourth-order valence-electron chi connectivity index (χ4n) is 7.14. The number of nitrogens with one attached hydrogen (secondary N) is 1. The SMILES string of the molecule is CNC(=O)[C@H]1C[C@]2(c3ccccc3)[C@@H](OC(C)c3cc(C(F)(F)F)cc(C(F)(F)F)c3)CC[C@H]1N2C(C)c1ccccc1. The lowest BCUT2D eigenvalue weighted by Gasteiger charge is -2.53. The molecule has 2 bridgehead atoms. The Labute approximate surface area is 247 Å². The number of rotatable bonds is 7. The summed E-state index contributed by atoms with van der Waals surface area (Å²) in [5.74, 6) is -0.514. The van der Waals surface area contributed by atoms with E-state index in [0.29, 0.717) is 19.3 Å². The second-order valence-corrected chi connectivity index (χ2v) is 11.5. The first kappa shape index (κ1) is 31.1. The number of benzene rings is 3. The summed E-state index contributed by atoms with van der Waals surface area (Å²) in [5, 5.41) is 2.79. The molecule has 0 saturated carbocycles. The maximum absolute atomic E-state index is 13.7. The Morgan fingerprint density at radius 3 is 1.95 bits per heavy atom. The van der Waals surface area contributed by atoms with E-state index in [4.69, 9.17) is 4.74 Å². The Bertz CT molecular complexity index is 1400. The maximum Gasteiger partial charge on any atom is 0.416 e. The van der Waals surface area contributed by atoms with E-state index in [1.807, 2.05) is 60.7 Å².